The number of nitrogens with one attached hydrogen (secondary N) is 1. The van der Waals surface area contributed by atoms with Crippen molar-refractivity contribution in [3.05, 3.63) is 131 Å². The second-order valence-corrected chi connectivity index (χ2v) is 15.6. The topological polar surface area (TPSA) is 126 Å². The van der Waals surface area contributed by atoms with Gasteiger partial charge in [-0.05, 0) is 83.5 Å². The Morgan fingerprint density at radius 2 is 1.21 bits per heavy atom. The van der Waals surface area contributed by atoms with E-state index in [9.17, 15) is 19.2 Å². The summed E-state index contributed by atoms with van der Waals surface area (Å²) in [6.07, 6.45) is -0.319. The number of fused-ring (bicyclic) bond motifs is 2. The Balaban J connectivity index is 0.000000148. The number of para-hydroxylation sites is 5. The van der Waals surface area contributed by atoms with Crippen molar-refractivity contribution in [2.45, 2.75) is 85.5 Å². The van der Waals surface area contributed by atoms with E-state index in [1.165, 1.54) is 4.90 Å². The third-order valence-corrected chi connectivity index (χ3v) is 9.93. The van der Waals surface area contributed by atoms with E-state index in [-0.39, 0.29) is 60.9 Å². The molecule has 12 nitrogen and oxygen atoms in total. The van der Waals surface area contributed by atoms with Gasteiger partial charge in [0.25, 0.3) is 0 Å². The number of amides is 3. The Labute approximate surface area is 341 Å². The molecule has 1 atom stereocenters. The van der Waals surface area contributed by atoms with Crippen molar-refractivity contribution in [2.24, 2.45) is 7.05 Å². The fourth-order valence-corrected chi connectivity index (χ4v) is 6.88. The second kappa shape index (κ2) is 19.3. The maximum Gasteiger partial charge on any atom is 0.410 e. The summed E-state index contributed by atoms with van der Waals surface area (Å²) in [6.45, 7) is 17.2. The quantitative estimate of drug-likeness (QED) is 0.168. The lowest BCUT2D eigenvalue weighted by atomic mass is 10.1. The van der Waals surface area contributed by atoms with Gasteiger partial charge in [-0.1, -0.05) is 86.6 Å². The zero-order valence-electron chi connectivity index (χ0n) is 35.1. The molecule has 3 amide bonds. The van der Waals surface area contributed by atoms with Crippen LogP contribution in [0.25, 0.3) is 22.1 Å². The van der Waals surface area contributed by atoms with E-state index in [0.717, 1.165) is 39.1 Å². The fourth-order valence-electron chi connectivity index (χ4n) is 6.88. The third kappa shape index (κ3) is 10.2. The number of imide groups is 1. The van der Waals surface area contributed by atoms with Crippen LogP contribution in [0.15, 0.2) is 114 Å². The molecule has 2 saturated heterocycles. The van der Waals surface area contributed by atoms with Gasteiger partial charge < -0.3 is 19.5 Å². The van der Waals surface area contributed by atoms with Gasteiger partial charge in [-0.3, -0.25) is 23.6 Å². The van der Waals surface area contributed by atoms with Gasteiger partial charge in [0.2, 0.25) is 11.8 Å². The van der Waals surface area contributed by atoms with Gasteiger partial charge in [-0.25, -0.2) is 14.6 Å². The van der Waals surface area contributed by atoms with Crippen molar-refractivity contribution >= 4 is 45.7 Å². The van der Waals surface area contributed by atoms with E-state index in [2.05, 4.69) is 23.8 Å². The molecule has 12 heteroatoms. The van der Waals surface area contributed by atoms with E-state index in [0.29, 0.717) is 12.5 Å². The summed E-state index contributed by atoms with van der Waals surface area (Å²) in [5.74, 6) is 1.29. The standard InChI is InChI=1S/C13H16N2O2.C12H15NO2.C11H14N2O.C10H12N2/c1-10(2)15-12(16)8-14(9-13(15)17)11-6-4-3-5-7-11;1-9(2)13-8-11(15-12(13)14)10-6-4-3-5-7-10;1-8(2)13-10-7-5-4-6-9(10)12(3)11(13)14;1-7(2)10-11-8-5-3-4-6-9(8)12-10/h3-7,10H,8-9H2,1-2H3;3-7,9,11H,8H2,1-2H3;4-8H,1-3H3;3-7H,1-2H3,(H,11,12). The maximum absolute atomic E-state index is 11.9. The summed E-state index contributed by atoms with van der Waals surface area (Å²) in [5, 5.41) is 0. The molecule has 306 valence electrons. The van der Waals surface area contributed by atoms with Crippen molar-refractivity contribution in [1.29, 1.82) is 0 Å². The van der Waals surface area contributed by atoms with Crippen LogP contribution in [0.4, 0.5) is 10.5 Å². The van der Waals surface area contributed by atoms with Crippen LogP contribution in [0, 0.1) is 0 Å². The summed E-state index contributed by atoms with van der Waals surface area (Å²) >= 11 is 0. The van der Waals surface area contributed by atoms with Crippen LogP contribution in [0.1, 0.15) is 84.8 Å². The SMILES string of the molecule is CC(C)N1C(=O)CN(c2ccccc2)CC1=O.CC(C)N1CC(c2ccccc2)OC1=O.CC(C)c1nc2ccccc2[nH]1.CC(C)n1c(=O)n(C)c2ccccc21. The number of aromatic amines is 1. The third-order valence-electron chi connectivity index (χ3n) is 9.93. The monoisotopic (exact) mass is 787 g/mol. The molecule has 4 aromatic carbocycles. The van der Waals surface area contributed by atoms with Crippen molar-refractivity contribution < 1.29 is 19.1 Å². The molecule has 1 N–H and O–H groups in total. The number of aryl methyl sites for hydroxylation is 1. The lowest BCUT2D eigenvalue weighted by Crippen LogP contribution is -2.56. The summed E-state index contributed by atoms with van der Waals surface area (Å²) < 4.78 is 8.81. The summed E-state index contributed by atoms with van der Waals surface area (Å²) in [5.41, 5.74) is 6.22. The number of hydrogen-bond donors (Lipinski definition) is 1. The molecule has 0 bridgehead atoms. The van der Waals surface area contributed by atoms with Gasteiger partial charge in [0.05, 0.1) is 41.7 Å². The number of cyclic esters (lactones) is 1. The van der Waals surface area contributed by atoms with Gasteiger partial charge in [0.1, 0.15) is 11.9 Å². The number of ether oxygens (including phenoxy) is 1. The Morgan fingerprint density at radius 1 is 0.655 bits per heavy atom. The number of hydrogen-bond acceptors (Lipinski definition) is 7. The van der Waals surface area contributed by atoms with Crippen LogP contribution >= 0.6 is 0 Å². The number of nitrogens with zero attached hydrogens (tertiary/aromatic N) is 6. The lowest BCUT2D eigenvalue weighted by molar-refractivity contribution is -0.147. The van der Waals surface area contributed by atoms with E-state index < -0.39 is 0 Å². The zero-order chi connectivity index (χ0) is 42.1. The minimum Gasteiger partial charge on any atom is -0.439 e. The Kier molecular flexibility index (Phi) is 14.3. The molecule has 0 saturated carbocycles. The van der Waals surface area contributed by atoms with E-state index in [1.54, 1.807) is 9.47 Å². The van der Waals surface area contributed by atoms with Gasteiger partial charge in [-0.2, -0.15) is 0 Å². The smallest absolute Gasteiger partial charge is 0.410 e. The lowest BCUT2D eigenvalue weighted by Gasteiger charge is -2.35. The number of aromatic nitrogens is 4. The normalized spacial score (nSPS) is 15.4. The molecule has 6 aromatic rings. The van der Waals surface area contributed by atoms with E-state index in [4.69, 9.17) is 4.74 Å². The maximum atomic E-state index is 11.9. The average molecular weight is 788 g/mol. The first kappa shape index (κ1) is 43.0. The molecule has 8 rings (SSSR count). The van der Waals surface area contributed by atoms with Gasteiger partial charge in [0, 0.05) is 36.8 Å². The molecule has 2 fully saturated rings. The number of benzene rings is 4. The number of imidazole rings is 2. The highest BCUT2D eigenvalue weighted by atomic mass is 16.6. The molecule has 2 aliphatic rings. The van der Waals surface area contributed by atoms with Crippen LogP contribution in [0.3, 0.4) is 0 Å². The molecule has 0 radical (unpaired) electrons. The Hall–Kier alpha value is -6.17. The minimum atomic E-state index is -0.209. The summed E-state index contributed by atoms with van der Waals surface area (Å²) in [7, 11) is 1.81. The number of rotatable bonds is 6. The van der Waals surface area contributed by atoms with Gasteiger partial charge >= 0.3 is 11.8 Å². The van der Waals surface area contributed by atoms with E-state index >= 15 is 0 Å². The van der Waals surface area contributed by atoms with Crippen LogP contribution in [-0.4, -0.2) is 78.5 Å². The number of H-pyrrole nitrogens is 1. The summed E-state index contributed by atoms with van der Waals surface area (Å²) in [6, 6.07) is 35.7. The molecule has 2 aromatic heterocycles. The molecule has 4 heterocycles. The first-order chi connectivity index (χ1) is 27.7. The average Bonchev–Trinajstić information content (AvgIpc) is 3.90. The zero-order valence-corrected chi connectivity index (χ0v) is 35.1. The number of carbonyl (C=O) groups excluding carboxylic acids is 3. The Morgan fingerprint density at radius 3 is 1.74 bits per heavy atom. The van der Waals surface area contributed by atoms with Crippen molar-refractivity contribution in [2.75, 3.05) is 24.5 Å². The highest BCUT2D eigenvalue weighted by molar-refractivity contribution is 6.03. The highest BCUT2D eigenvalue weighted by Gasteiger charge is 2.34. The molecule has 0 spiro atoms. The largest absolute Gasteiger partial charge is 0.439 e. The molecule has 1 unspecified atom stereocenters. The molecular weight excluding hydrogens is 731 g/mol. The van der Waals surface area contributed by atoms with E-state index in [1.807, 2.05) is 167 Å². The summed E-state index contributed by atoms with van der Waals surface area (Å²) in [4.78, 5) is 59.8. The second-order valence-electron chi connectivity index (χ2n) is 15.6. The van der Waals surface area contributed by atoms with Gasteiger partial charge in [0.15, 0.2) is 0 Å². The predicted molar refractivity (Wildman–Crippen MR) is 231 cm³/mol. The molecule has 2 aliphatic heterocycles. The number of anilines is 1. The number of piperazine rings is 1. The predicted octanol–water partition coefficient (Wildman–Crippen LogP) is 8.47. The van der Waals surface area contributed by atoms with Crippen LogP contribution in [-0.2, 0) is 21.4 Å². The van der Waals surface area contributed by atoms with Crippen molar-refractivity contribution in [1.82, 2.24) is 28.9 Å². The molecule has 0 aliphatic carbocycles. The fraction of sp³-hybridized carbons (Fsp3) is 0.370. The first-order valence-electron chi connectivity index (χ1n) is 20.0. The molecule has 58 heavy (non-hydrogen) atoms. The minimum absolute atomic E-state index is 0.0567. The Bertz CT molecular complexity index is 2290. The molecular formula is C46H57N7O5. The van der Waals surface area contributed by atoms with Crippen molar-refractivity contribution in [3.8, 4) is 0 Å². The highest BCUT2D eigenvalue weighted by Crippen LogP contribution is 2.27. The van der Waals surface area contributed by atoms with Gasteiger partial charge in [-0.15, -0.1) is 0 Å². The number of carbonyl (C=O) groups is 3. The van der Waals surface area contributed by atoms with Crippen molar-refractivity contribution in [3.63, 3.8) is 0 Å². The van der Waals surface area contributed by atoms with Crippen LogP contribution in [0.5, 0.6) is 0 Å². The first-order valence-corrected chi connectivity index (χ1v) is 20.0. The van der Waals surface area contributed by atoms with Crippen LogP contribution in [0.2, 0.25) is 0 Å². The van der Waals surface area contributed by atoms with Crippen LogP contribution < -0.4 is 10.6 Å².